The molecule has 0 spiro atoms. The van der Waals surface area contributed by atoms with E-state index in [0.717, 1.165) is 35.6 Å². The first-order chi connectivity index (χ1) is 9.76. The molecule has 0 saturated heterocycles. The Labute approximate surface area is 121 Å². The Morgan fingerprint density at radius 3 is 2.60 bits per heavy atom. The quantitative estimate of drug-likeness (QED) is 0.766. The lowest BCUT2D eigenvalue weighted by Gasteiger charge is -2.13. The van der Waals surface area contributed by atoms with Crippen molar-refractivity contribution in [3.8, 4) is 0 Å². The van der Waals surface area contributed by atoms with Crippen LogP contribution in [0.4, 0.5) is 0 Å². The fourth-order valence-corrected chi connectivity index (χ4v) is 2.73. The second-order valence-corrected chi connectivity index (χ2v) is 5.34. The highest BCUT2D eigenvalue weighted by Gasteiger charge is 2.12. The lowest BCUT2D eigenvalue weighted by atomic mass is 9.92. The Morgan fingerprint density at radius 2 is 1.85 bits per heavy atom. The number of hydrogen-bond donors (Lipinski definition) is 1. The van der Waals surface area contributed by atoms with Gasteiger partial charge >= 0.3 is 0 Å². The number of hydrogen-bond acceptors (Lipinski definition) is 2. The summed E-state index contributed by atoms with van der Waals surface area (Å²) >= 11 is 0. The summed E-state index contributed by atoms with van der Waals surface area (Å²) in [5, 5.41) is 2.19. The van der Waals surface area contributed by atoms with Crippen molar-refractivity contribution in [2.75, 3.05) is 6.54 Å². The maximum Gasteiger partial charge on any atom is 0.163 e. The minimum Gasteiger partial charge on any atom is -0.330 e. The Kier molecular flexibility index (Phi) is 5.31. The van der Waals surface area contributed by atoms with Crippen molar-refractivity contribution >= 4 is 16.6 Å². The molecule has 0 saturated carbocycles. The molecule has 2 rings (SSSR count). The standard InChI is InChI=1S/C18H23NO/c1-2-14(12-13-19)10-11-18(20)17-9-5-7-15-6-3-4-8-16(15)17/h3-9,14H,2,10-13,19H2,1H3. The van der Waals surface area contributed by atoms with Crippen molar-refractivity contribution in [3.05, 3.63) is 48.0 Å². The molecule has 0 aliphatic heterocycles. The molecule has 0 aliphatic rings. The monoisotopic (exact) mass is 269 g/mol. The highest BCUT2D eigenvalue weighted by molar-refractivity contribution is 6.08. The van der Waals surface area contributed by atoms with Crippen LogP contribution in [0.3, 0.4) is 0 Å². The molecule has 0 aliphatic carbocycles. The van der Waals surface area contributed by atoms with Crippen LogP contribution in [0.2, 0.25) is 0 Å². The smallest absolute Gasteiger partial charge is 0.163 e. The molecule has 2 nitrogen and oxygen atoms in total. The summed E-state index contributed by atoms with van der Waals surface area (Å²) in [4.78, 5) is 12.5. The Balaban J connectivity index is 2.11. The Hall–Kier alpha value is -1.67. The van der Waals surface area contributed by atoms with E-state index in [1.165, 1.54) is 0 Å². The summed E-state index contributed by atoms with van der Waals surface area (Å²) in [5.41, 5.74) is 6.46. The van der Waals surface area contributed by atoms with Gasteiger partial charge in [-0.05, 0) is 36.1 Å². The number of benzene rings is 2. The zero-order valence-electron chi connectivity index (χ0n) is 12.1. The first-order valence-corrected chi connectivity index (χ1v) is 7.47. The molecular weight excluding hydrogens is 246 g/mol. The average molecular weight is 269 g/mol. The maximum absolute atomic E-state index is 12.5. The molecule has 2 aromatic carbocycles. The van der Waals surface area contributed by atoms with Gasteiger partial charge in [-0.25, -0.2) is 0 Å². The molecule has 0 aromatic heterocycles. The average Bonchev–Trinajstić information content (AvgIpc) is 2.50. The van der Waals surface area contributed by atoms with Crippen molar-refractivity contribution in [2.24, 2.45) is 11.7 Å². The Morgan fingerprint density at radius 1 is 1.10 bits per heavy atom. The summed E-state index contributed by atoms with van der Waals surface area (Å²) in [6.07, 6.45) is 3.67. The lowest BCUT2D eigenvalue weighted by Crippen LogP contribution is -2.10. The van der Waals surface area contributed by atoms with Gasteiger partial charge in [0.15, 0.2) is 5.78 Å². The van der Waals surface area contributed by atoms with Gasteiger partial charge in [-0.2, -0.15) is 0 Å². The molecule has 2 heteroatoms. The highest BCUT2D eigenvalue weighted by Crippen LogP contribution is 2.22. The third-order valence-corrected chi connectivity index (χ3v) is 4.02. The van der Waals surface area contributed by atoms with Crippen molar-refractivity contribution in [1.29, 1.82) is 0 Å². The van der Waals surface area contributed by atoms with Crippen LogP contribution >= 0.6 is 0 Å². The van der Waals surface area contributed by atoms with Gasteiger partial charge in [0.1, 0.15) is 0 Å². The van der Waals surface area contributed by atoms with E-state index in [1.54, 1.807) is 0 Å². The first-order valence-electron chi connectivity index (χ1n) is 7.47. The SMILES string of the molecule is CCC(CCN)CCC(=O)c1cccc2ccccc12. The summed E-state index contributed by atoms with van der Waals surface area (Å²) in [7, 11) is 0. The molecule has 0 radical (unpaired) electrons. The number of ketones is 1. The van der Waals surface area contributed by atoms with E-state index in [9.17, 15) is 4.79 Å². The third-order valence-electron chi connectivity index (χ3n) is 4.02. The van der Waals surface area contributed by atoms with E-state index >= 15 is 0 Å². The highest BCUT2D eigenvalue weighted by atomic mass is 16.1. The van der Waals surface area contributed by atoms with Gasteiger partial charge in [-0.1, -0.05) is 55.8 Å². The van der Waals surface area contributed by atoms with Gasteiger partial charge in [0.05, 0.1) is 0 Å². The number of rotatable bonds is 7. The molecule has 2 N–H and O–H groups in total. The summed E-state index contributed by atoms with van der Waals surface area (Å²) in [6.45, 7) is 2.88. The van der Waals surface area contributed by atoms with Crippen LogP contribution in [0.15, 0.2) is 42.5 Å². The number of fused-ring (bicyclic) bond motifs is 1. The van der Waals surface area contributed by atoms with Gasteiger partial charge in [0, 0.05) is 12.0 Å². The molecule has 0 bridgehead atoms. The van der Waals surface area contributed by atoms with Crippen molar-refractivity contribution in [2.45, 2.75) is 32.6 Å². The van der Waals surface area contributed by atoms with E-state index in [4.69, 9.17) is 5.73 Å². The van der Waals surface area contributed by atoms with Gasteiger partial charge in [0.2, 0.25) is 0 Å². The van der Waals surface area contributed by atoms with Crippen molar-refractivity contribution < 1.29 is 4.79 Å². The van der Waals surface area contributed by atoms with Crippen LogP contribution in [-0.2, 0) is 0 Å². The zero-order chi connectivity index (χ0) is 14.4. The van der Waals surface area contributed by atoms with E-state index in [-0.39, 0.29) is 5.78 Å². The molecule has 106 valence electrons. The third kappa shape index (κ3) is 3.45. The van der Waals surface area contributed by atoms with E-state index in [0.29, 0.717) is 18.9 Å². The minimum atomic E-state index is 0.247. The molecule has 1 unspecified atom stereocenters. The van der Waals surface area contributed by atoms with Gasteiger partial charge in [-0.15, -0.1) is 0 Å². The minimum absolute atomic E-state index is 0.247. The predicted molar refractivity (Wildman–Crippen MR) is 85.0 cm³/mol. The van der Waals surface area contributed by atoms with Crippen LogP contribution < -0.4 is 5.73 Å². The van der Waals surface area contributed by atoms with Gasteiger partial charge in [0.25, 0.3) is 0 Å². The summed E-state index contributed by atoms with van der Waals surface area (Å²) in [5.74, 6) is 0.816. The number of carbonyl (C=O) groups is 1. The van der Waals surface area contributed by atoms with Gasteiger partial charge < -0.3 is 5.73 Å². The molecule has 2 aromatic rings. The van der Waals surface area contributed by atoms with Crippen LogP contribution in [0.1, 0.15) is 43.0 Å². The van der Waals surface area contributed by atoms with Crippen LogP contribution in [0.25, 0.3) is 10.8 Å². The predicted octanol–water partition coefficient (Wildman–Crippen LogP) is 4.18. The maximum atomic E-state index is 12.5. The largest absolute Gasteiger partial charge is 0.330 e. The lowest BCUT2D eigenvalue weighted by molar-refractivity contribution is 0.0974. The van der Waals surface area contributed by atoms with Gasteiger partial charge in [-0.3, -0.25) is 4.79 Å². The van der Waals surface area contributed by atoms with E-state index < -0.39 is 0 Å². The number of Topliss-reactive ketones (excluding diaryl/α,β-unsaturated/α-hetero) is 1. The summed E-state index contributed by atoms with van der Waals surface area (Å²) < 4.78 is 0. The van der Waals surface area contributed by atoms with Crippen molar-refractivity contribution in [3.63, 3.8) is 0 Å². The first kappa shape index (κ1) is 14.7. The topological polar surface area (TPSA) is 43.1 Å². The van der Waals surface area contributed by atoms with Crippen LogP contribution in [0.5, 0.6) is 0 Å². The molecule has 0 heterocycles. The van der Waals surface area contributed by atoms with Crippen molar-refractivity contribution in [1.82, 2.24) is 0 Å². The molecule has 0 amide bonds. The second-order valence-electron chi connectivity index (χ2n) is 5.34. The van der Waals surface area contributed by atoms with Crippen LogP contribution in [-0.4, -0.2) is 12.3 Å². The molecular formula is C18H23NO. The fourth-order valence-electron chi connectivity index (χ4n) is 2.73. The van der Waals surface area contributed by atoms with Crippen LogP contribution in [0, 0.1) is 5.92 Å². The van der Waals surface area contributed by atoms with E-state index in [1.807, 2.05) is 30.3 Å². The Bertz CT molecular complexity index is 571. The molecule has 0 fully saturated rings. The zero-order valence-corrected chi connectivity index (χ0v) is 12.1. The summed E-state index contributed by atoms with van der Waals surface area (Å²) in [6, 6.07) is 14.0. The normalized spacial score (nSPS) is 12.5. The fraction of sp³-hybridized carbons (Fsp3) is 0.389. The number of nitrogens with two attached hydrogens (primary N) is 1. The molecule has 1 atom stereocenters. The molecule has 20 heavy (non-hydrogen) atoms. The van der Waals surface area contributed by atoms with E-state index in [2.05, 4.69) is 19.1 Å². The number of carbonyl (C=O) groups excluding carboxylic acids is 1. The second kappa shape index (κ2) is 7.20.